The number of pyridine rings is 1. The Morgan fingerprint density at radius 2 is 1.81 bits per heavy atom. The van der Waals surface area contributed by atoms with E-state index in [0.29, 0.717) is 24.2 Å². The number of hydrogen-bond donors (Lipinski definition) is 1. The van der Waals surface area contributed by atoms with E-state index in [0.717, 1.165) is 17.7 Å². The number of nitrogens with one attached hydrogen (secondary N) is 1. The average Bonchev–Trinajstić information content (AvgIpc) is 2.79. The van der Waals surface area contributed by atoms with Crippen LogP contribution in [0.25, 0.3) is 22.4 Å². The van der Waals surface area contributed by atoms with E-state index >= 15 is 0 Å². The number of aryl methyl sites for hydroxylation is 2. The number of nitrogens with zero attached hydrogens (tertiary/aromatic N) is 1. The van der Waals surface area contributed by atoms with Crippen LogP contribution in [-0.4, -0.2) is 4.98 Å². The monoisotopic (exact) mass is 410 g/mol. The van der Waals surface area contributed by atoms with Gasteiger partial charge in [-0.1, -0.05) is 66.8 Å². The Labute approximate surface area is 183 Å². The van der Waals surface area contributed by atoms with Crippen LogP contribution < -0.4 is 5.32 Å². The van der Waals surface area contributed by atoms with E-state index < -0.39 is 0 Å². The Kier molecular flexibility index (Phi) is 6.13. The van der Waals surface area contributed by atoms with Crippen molar-refractivity contribution in [2.75, 3.05) is 0 Å². The molecule has 0 saturated heterocycles. The molecule has 1 aliphatic rings. The number of hydrogen-bond acceptors (Lipinski definition) is 2. The molecule has 0 unspecified atom stereocenters. The van der Waals surface area contributed by atoms with Gasteiger partial charge in [-0.3, -0.25) is 4.98 Å². The lowest BCUT2D eigenvalue weighted by Gasteiger charge is -2.14. The highest BCUT2D eigenvalue weighted by molar-refractivity contribution is 5.75. The number of rotatable bonds is 6. The second-order valence-corrected chi connectivity index (χ2v) is 8.03. The fourth-order valence-electron chi connectivity index (χ4n) is 3.72. The highest BCUT2D eigenvalue weighted by atomic mass is 19.1. The van der Waals surface area contributed by atoms with Crippen LogP contribution in [0.5, 0.6) is 0 Å². The second-order valence-electron chi connectivity index (χ2n) is 8.03. The SMILES string of the molecule is C=C(NCc1ccc(-c2ccc(C)cc2)cc1C)c1ccc(C2=C(F)CCC=C2)nc1. The predicted molar refractivity (Wildman–Crippen MR) is 128 cm³/mol. The summed E-state index contributed by atoms with van der Waals surface area (Å²) in [4.78, 5) is 4.45. The topological polar surface area (TPSA) is 24.9 Å². The number of allylic oxidation sites excluding steroid dienone is 4. The first-order valence-electron chi connectivity index (χ1n) is 10.6. The standard InChI is InChI=1S/C28H27FN2/c1-19-8-10-22(11-9-19)23-12-13-24(20(2)16-23)17-30-21(3)25-14-15-28(31-18-25)26-6-4-5-7-27(26)29/h4,6,8-16,18,30H,3,5,7,17H2,1-2H3. The molecule has 0 radical (unpaired) electrons. The van der Waals surface area contributed by atoms with Gasteiger partial charge in [0.05, 0.1) is 5.69 Å². The molecule has 1 aliphatic carbocycles. The van der Waals surface area contributed by atoms with Gasteiger partial charge in [0.15, 0.2) is 0 Å². The molecule has 0 fully saturated rings. The van der Waals surface area contributed by atoms with Gasteiger partial charge in [0.1, 0.15) is 5.83 Å². The number of benzene rings is 2. The van der Waals surface area contributed by atoms with Gasteiger partial charge in [0.2, 0.25) is 0 Å². The molecular formula is C28H27FN2. The van der Waals surface area contributed by atoms with Gasteiger partial charge in [-0.15, -0.1) is 0 Å². The van der Waals surface area contributed by atoms with Crippen molar-refractivity contribution in [2.45, 2.75) is 33.2 Å². The molecule has 0 aliphatic heterocycles. The van der Waals surface area contributed by atoms with Crippen molar-refractivity contribution in [3.05, 3.63) is 113 Å². The molecule has 0 saturated carbocycles. The zero-order valence-electron chi connectivity index (χ0n) is 18.1. The van der Waals surface area contributed by atoms with E-state index in [1.165, 1.54) is 27.8 Å². The fourth-order valence-corrected chi connectivity index (χ4v) is 3.72. The fraction of sp³-hybridized carbons (Fsp3) is 0.179. The quantitative estimate of drug-likeness (QED) is 0.466. The van der Waals surface area contributed by atoms with Gasteiger partial charge in [0, 0.05) is 36.0 Å². The van der Waals surface area contributed by atoms with Crippen molar-refractivity contribution in [3.8, 4) is 11.1 Å². The van der Waals surface area contributed by atoms with Crippen LogP contribution >= 0.6 is 0 Å². The molecule has 1 heterocycles. The molecule has 2 aromatic carbocycles. The number of aromatic nitrogens is 1. The molecule has 4 rings (SSSR count). The van der Waals surface area contributed by atoms with Gasteiger partial charge in [-0.2, -0.15) is 0 Å². The van der Waals surface area contributed by atoms with Gasteiger partial charge in [-0.05, 0) is 54.7 Å². The third-order valence-corrected chi connectivity index (χ3v) is 5.71. The molecule has 1 N–H and O–H groups in total. The lowest BCUT2D eigenvalue weighted by molar-refractivity contribution is 0.592. The van der Waals surface area contributed by atoms with Crippen LogP contribution in [0, 0.1) is 13.8 Å². The summed E-state index contributed by atoms with van der Waals surface area (Å²) in [5, 5.41) is 3.40. The molecule has 1 aromatic heterocycles. The van der Waals surface area contributed by atoms with Gasteiger partial charge < -0.3 is 5.32 Å². The Balaban J connectivity index is 1.41. The van der Waals surface area contributed by atoms with Crippen LogP contribution in [0.3, 0.4) is 0 Å². The third-order valence-electron chi connectivity index (χ3n) is 5.71. The summed E-state index contributed by atoms with van der Waals surface area (Å²) in [5.74, 6) is -0.0933. The Hall–Kier alpha value is -3.46. The van der Waals surface area contributed by atoms with Crippen LogP contribution in [0.2, 0.25) is 0 Å². The van der Waals surface area contributed by atoms with E-state index in [2.05, 4.69) is 73.2 Å². The maximum atomic E-state index is 14.1. The van der Waals surface area contributed by atoms with Crippen molar-refractivity contribution in [1.29, 1.82) is 0 Å². The Bertz CT molecular complexity index is 1150. The minimum absolute atomic E-state index is 0.0933. The zero-order valence-corrected chi connectivity index (χ0v) is 18.1. The van der Waals surface area contributed by atoms with Crippen molar-refractivity contribution >= 4 is 11.3 Å². The third kappa shape index (κ3) is 4.83. The van der Waals surface area contributed by atoms with E-state index in [9.17, 15) is 4.39 Å². The van der Waals surface area contributed by atoms with Crippen LogP contribution in [-0.2, 0) is 6.54 Å². The second kappa shape index (κ2) is 9.13. The molecule has 31 heavy (non-hydrogen) atoms. The number of halogens is 1. The summed E-state index contributed by atoms with van der Waals surface area (Å²) >= 11 is 0. The van der Waals surface area contributed by atoms with Gasteiger partial charge in [0.25, 0.3) is 0 Å². The largest absolute Gasteiger partial charge is 0.381 e. The Morgan fingerprint density at radius 3 is 2.48 bits per heavy atom. The van der Waals surface area contributed by atoms with Gasteiger partial charge in [-0.25, -0.2) is 4.39 Å². The first-order chi connectivity index (χ1) is 15.0. The lowest BCUT2D eigenvalue weighted by Crippen LogP contribution is -2.12. The normalized spacial score (nSPS) is 13.4. The molecule has 0 bridgehead atoms. The molecule has 3 aromatic rings. The first-order valence-corrected chi connectivity index (χ1v) is 10.6. The maximum Gasteiger partial charge on any atom is 0.110 e. The zero-order chi connectivity index (χ0) is 21.8. The Morgan fingerprint density at radius 1 is 1.03 bits per heavy atom. The van der Waals surface area contributed by atoms with Crippen LogP contribution in [0.1, 0.15) is 40.8 Å². The molecule has 0 atom stereocenters. The highest BCUT2D eigenvalue weighted by Crippen LogP contribution is 2.28. The minimum Gasteiger partial charge on any atom is -0.381 e. The molecule has 0 amide bonds. The van der Waals surface area contributed by atoms with E-state index in [1.807, 2.05) is 24.3 Å². The predicted octanol–water partition coefficient (Wildman–Crippen LogP) is 7.16. The van der Waals surface area contributed by atoms with Crippen molar-refractivity contribution < 1.29 is 4.39 Å². The van der Waals surface area contributed by atoms with Crippen molar-refractivity contribution in [1.82, 2.24) is 10.3 Å². The van der Waals surface area contributed by atoms with Crippen LogP contribution in [0.4, 0.5) is 4.39 Å². The summed E-state index contributed by atoms with van der Waals surface area (Å²) < 4.78 is 14.1. The van der Waals surface area contributed by atoms with Crippen molar-refractivity contribution in [3.63, 3.8) is 0 Å². The summed E-state index contributed by atoms with van der Waals surface area (Å²) in [7, 11) is 0. The molecule has 2 nitrogen and oxygen atoms in total. The van der Waals surface area contributed by atoms with Gasteiger partial charge >= 0.3 is 0 Å². The lowest BCUT2D eigenvalue weighted by atomic mass is 9.99. The highest BCUT2D eigenvalue weighted by Gasteiger charge is 2.11. The van der Waals surface area contributed by atoms with Crippen LogP contribution in [0.15, 0.2) is 85.4 Å². The smallest absolute Gasteiger partial charge is 0.110 e. The van der Waals surface area contributed by atoms with Crippen molar-refractivity contribution in [2.24, 2.45) is 0 Å². The maximum absolute atomic E-state index is 14.1. The molecule has 0 spiro atoms. The van der Waals surface area contributed by atoms with E-state index in [1.54, 1.807) is 6.20 Å². The molecule has 3 heteroatoms. The summed E-state index contributed by atoms with van der Waals surface area (Å²) in [6.07, 6.45) is 6.75. The van der Waals surface area contributed by atoms with E-state index in [4.69, 9.17) is 0 Å². The molecule has 156 valence electrons. The average molecular weight is 411 g/mol. The first kappa shape index (κ1) is 20.8. The summed E-state index contributed by atoms with van der Waals surface area (Å²) in [6.45, 7) is 9.06. The summed E-state index contributed by atoms with van der Waals surface area (Å²) in [5.41, 5.74) is 9.11. The summed E-state index contributed by atoms with van der Waals surface area (Å²) in [6, 6.07) is 18.9. The van der Waals surface area contributed by atoms with E-state index in [-0.39, 0.29) is 5.83 Å². The molecular weight excluding hydrogens is 383 g/mol. The minimum atomic E-state index is -0.0933.